The van der Waals surface area contributed by atoms with Crippen LogP contribution in [0.15, 0.2) is 12.3 Å². The lowest BCUT2D eigenvalue weighted by Gasteiger charge is -2.25. The minimum atomic E-state index is 0.783. The summed E-state index contributed by atoms with van der Waals surface area (Å²) < 4.78 is 0. The maximum atomic E-state index is 5.92. The first-order valence-electron chi connectivity index (χ1n) is 5.72. The summed E-state index contributed by atoms with van der Waals surface area (Å²) in [7, 11) is 0. The van der Waals surface area contributed by atoms with Crippen molar-refractivity contribution < 1.29 is 0 Å². The van der Waals surface area contributed by atoms with Gasteiger partial charge in [0.05, 0.1) is 5.69 Å². The Balaban J connectivity index is 1.84. The van der Waals surface area contributed by atoms with Gasteiger partial charge >= 0.3 is 0 Å². The van der Waals surface area contributed by atoms with Crippen LogP contribution in [0.2, 0.25) is 0 Å². The smallest absolute Gasteiger partial charge is 0.149 e. The molecule has 1 aromatic rings. The third kappa shape index (κ3) is 2.41. The number of aromatic nitrogens is 1. The number of rotatable bonds is 4. The van der Waals surface area contributed by atoms with Gasteiger partial charge in [-0.1, -0.05) is 19.3 Å². The van der Waals surface area contributed by atoms with Crippen molar-refractivity contribution in [2.24, 2.45) is 5.92 Å². The largest absolute Gasteiger partial charge is 0.396 e. The van der Waals surface area contributed by atoms with Gasteiger partial charge < -0.3 is 11.1 Å². The normalized spacial score (nSPS) is 16.1. The molecule has 0 aliphatic heterocycles. The summed E-state index contributed by atoms with van der Waals surface area (Å²) >= 11 is 0. The molecule has 1 aromatic heterocycles. The quantitative estimate of drug-likeness (QED) is 0.794. The summed E-state index contributed by atoms with van der Waals surface area (Å²) in [6.45, 7) is 3.00. The van der Waals surface area contributed by atoms with Gasteiger partial charge in [0.2, 0.25) is 0 Å². The average Bonchev–Trinajstić information content (AvgIpc) is 2.16. The fourth-order valence-electron chi connectivity index (χ4n) is 1.89. The van der Waals surface area contributed by atoms with E-state index in [1.54, 1.807) is 6.20 Å². The molecule has 0 bridgehead atoms. The summed E-state index contributed by atoms with van der Waals surface area (Å²) in [5.41, 5.74) is 7.80. The van der Waals surface area contributed by atoms with Gasteiger partial charge in [-0.05, 0) is 30.9 Å². The standard InChI is InChI=1S/C12H19N3/c1-9-5-7-14-12(11(9)13)15-8-6-10-3-2-4-10/h5,7,10H,2-4,6,8,13H2,1H3,(H,14,15). The van der Waals surface area contributed by atoms with Gasteiger partial charge in [-0.15, -0.1) is 0 Å². The van der Waals surface area contributed by atoms with Crippen molar-refractivity contribution in [3.63, 3.8) is 0 Å². The molecule has 0 saturated heterocycles. The molecule has 3 nitrogen and oxygen atoms in total. The van der Waals surface area contributed by atoms with Crippen LogP contribution in [-0.4, -0.2) is 11.5 Å². The summed E-state index contributed by atoms with van der Waals surface area (Å²) in [5.74, 6) is 1.78. The molecule has 1 fully saturated rings. The fourth-order valence-corrected chi connectivity index (χ4v) is 1.89. The third-order valence-corrected chi connectivity index (χ3v) is 3.28. The van der Waals surface area contributed by atoms with E-state index in [1.165, 1.54) is 25.7 Å². The molecule has 1 aliphatic carbocycles. The molecule has 1 heterocycles. The molecule has 3 heteroatoms. The number of hydrogen-bond donors (Lipinski definition) is 2. The minimum absolute atomic E-state index is 0.783. The highest BCUT2D eigenvalue weighted by Crippen LogP contribution is 2.29. The molecule has 1 aliphatic rings. The Morgan fingerprint density at radius 2 is 2.33 bits per heavy atom. The summed E-state index contributed by atoms with van der Waals surface area (Å²) in [5, 5.41) is 3.32. The Kier molecular flexibility index (Phi) is 3.09. The van der Waals surface area contributed by atoms with Crippen molar-refractivity contribution in [1.29, 1.82) is 0 Å². The van der Waals surface area contributed by atoms with Gasteiger partial charge in [-0.3, -0.25) is 0 Å². The molecule has 15 heavy (non-hydrogen) atoms. The molecule has 82 valence electrons. The van der Waals surface area contributed by atoms with Crippen LogP contribution in [0.25, 0.3) is 0 Å². The molecular weight excluding hydrogens is 186 g/mol. The number of anilines is 2. The zero-order valence-corrected chi connectivity index (χ0v) is 9.29. The van der Waals surface area contributed by atoms with Gasteiger partial charge in [0.1, 0.15) is 5.82 Å². The van der Waals surface area contributed by atoms with E-state index in [9.17, 15) is 0 Å². The first-order valence-corrected chi connectivity index (χ1v) is 5.72. The van der Waals surface area contributed by atoms with Gasteiger partial charge in [-0.25, -0.2) is 4.98 Å². The van der Waals surface area contributed by atoms with Gasteiger partial charge in [0, 0.05) is 12.7 Å². The molecule has 0 spiro atoms. The van der Waals surface area contributed by atoms with Crippen LogP contribution in [-0.2, 0) is 0 Å². The number of nitrogen functional groups attached to an aromatic ring is 1. The molecule has 0 radical (unpaired) electrons. The average molecular weight is 205 g/mol. The third-order valence-electron chi connectivity index (χ3n) is 3.28. The van der Waals surface area contributed by atoms with Gasteiger partial charge in [-0.2, -0.15) is 0 Å². The minimum Gasteiger partial charge on any atom is -0.396 e. The van der Waals surface area contributed by atoms with Gasteiger partial charge in [0.25, 0.3) is 0 Å². The number of nitrogens with zero attached hydrogens (tertiary/aromatic N) is 1. The van der Waals surface area contributed by atoms with Crippen LogP contribution in [0.5, 0.6) is 0 Å². The second kappa shape index (κ2) is 4.51. The van der Waals surface area contributed by atoms with Crippen LogP contribution in [0, 0.1) is 12.8 Å². The Hall–Kier alpha value is -1.25. The Bertz CT molecular complexity index is 332. The van der Waals surface area contributed by atoms with E-state index in [4.69, 9.17) is 5.73 Å². The van der Waals surface area contributed by atoms with E-state index in [1.807, 2.05) is 13.0 Å². The number of pyridine rings is 1. The van der Waals surface area contributed by atoms with E-state index >= 15 is 0 Å². The van der Waals surface area contributed by atoms with Crippen molar-refractivity contribution in [2.75, 3.05) is 17.6 Å². The Morgan fingerprint density at radius 1 is 1.53 bits per heavy atom. The Morgan fingerprint density at radius 3 is 3.00 bits per heavy atom. The number of aryl methyl sites for hydroxylation is 1. The number of nitrogens with one attached hydrogen (secondary N) is 1. The number of hydrogen-bond acceptors (Lipinski definition) is 3. The molecule has 0 atom stereocenters. The van der Waals surface area contributed by atoms with Crippen LogP contribution in [0.1, 0.15) is 31.2 Å². The van der Waals surface area contributed by atoms with Crippen LogP contribution < -0.4 is 11.1 Å². The molecule has 1 saturated carbocycles. The number of nitrogens with two attached hydrogens (primary N) is 1. The SMILES string of the molecule is Cc1ccnc(NCCC2CCC2)c1N. The van der Waals surface area contributed by atoms with Crippen LogP contribution >= 0.6 is 0 Å². The highest BCUT2D eigenvalue weighted by Gasteiger charge is 2.16. The van der Waals surface area contributed by atoms with Crippen molar-refractivity contribution in [3.05, 3.63) is 17.8 Å². The molecule has 0 amide bonds. The molecular formula is C12H19N3. The first kappa shape index (κ1) is 10.3. The van der Waals surface area contributed by atoms with E-state index in [2.05, 4.69) is 10.3 Å². The predicted molar refractivity (Wildman–Crippen MR) is 63.8 cm³/mol. The Labute approximate surface area is 91.1 Å². The van der Waals surface area contributed by atoms with Crippen molar-refractivity contribution in [2.45, 2.75) is 32.6 Å². The van der Waals surface area contributed by atoms with Crippen molar-refractivity contribution in [3.8, 4) is 0 Å². The summed E-state index contributed by atoms with van der Waals surface area (Å²) in [6, 6.07) is 1.94. The van der Waals surface area contributed by atoms with Crippen LogP contribution in [0.3, 0.4) is 0 Å². The van der Waals surface area contributed by atoms with E-state index in [0.29, 0.717) is 0 Å². The predicted octanol–water partition coefficient (Wildman–Crippen LogP) is 2.57. The monoisotopic (exact) mass is 205 g/mol. The maximum absolute atomic E-state index is 5.92. The molecule has 0 aromatic carbocycles. The second-order valence-electron chi connectivity index (χ2n) is 4.40. The van der Waals surface area contributed by atoms with E-state index in [0.717, 1.165) is 29.5 Å². The first-order chi connectivity index (χ1) is 7.27. The highest BCUT2D eigenvalue weighted by atomic mass is 15.0. The van der Waals surface area contributed by atoms with E-state index in [-0.39, 0.29) is 0 Å². The highest BCUT2D eigenvalue weighted by molar-refractivity contribution is 5.64. The van der Waals surface area contributed by atoms with Crippen molar-refractivity contribution in [1.82, 2.24) is 4.98 Å². The van der Waals surface area contributed by atoms with E-state index < -0.39 is 0 Å². The summed E-state index contributed by atoms with van der Waals surface area (Å²) in [6.07, 6.45) is 7.26. The topological polar surface area (TPSA) is 50.9 Å². The maximum Gasteiger partial charge on any atom is 0.149 e. The molecule has 3 N–H and O–H groups in total. The molecule has 0 unspecified atom stereocenters. The van der Waals surface area contributed by atoms with Crippen LogP contribution in [0.4, 0.5) is 11.5 Å². The fraction of sp³-hybridized carbons (Fsp3) is 0.583. The zero-order chi connectivity index (χ0) is 10.7. The zero-order valence-electron chi connectivity index (χ0n) is 9.29. The molecule has 2 rings (SSSR count). The lowest BCUT2D eigenvalue weighted by Crippen LogP contribution is -2.16. The second-order valence-corrected chi connectivity index (χ2v) is 4.40. The summed E-state index contributed by atoms with van der Waals surface area (Å²) in [4.78, 5) is 4.24. The van der Waals surface area contributed by atoms with Gasteiger partial charge in [0.15, 0.2) is 0 Å². The lowest BCUT2D eigenvalue weighted by atomic mass is 9.83. The van der Waals surface area contributed by atoms with Crippen molar-refractivity contribution >= 4 is 11.5 Å². The lowest BCUT2D eigenvalue weighted by molar-refractivity contribution is 0.303.